The highest BCUT2D eigenvalue weighted by Crippen LogP contribution is 1.96. The van der Waals surface area contributed by atoms with Crippen molar-refractivity contribution in [2.45, 2.75) is 6.42 Å². The van der Waals surface area contributed by atoms with Gasteiger partial charge in [0.25, 0.3) is 0 Å². The molecule has 0 saturated carbocycles. The molecule has 0 fully saturated rings. The lowest BCUT2D eigenvalue weighted by Gasteiger charge is -1.91. The molecular weight excluding hydrogens is 112 g/mol. The third-order valence-electron chi connectivity index (χ3n) is 0.902. The fourth-order valence-corrected chi connectivity index (χ4v) is 0.395. The Morgan fingerprint density at radius 1 is 1.56 bits per heavy atom. The van der Waals surface area contributed by atoms with E-state index >= 15 is 0 Å². The van der Waals surface area contributed by atoms with Crippen LogP contribution in [0.25, 0.3) is 0 Å². The lowest BCUT2D eigenvalue weighted by atomic mass is 10.2. The molecule has 50 valence electrons. The molecule has 1 heteroatoms. The zero-order valence-electron chi connectivity index (χ0n) is 5.51. The number of allylic oxidation sites excluding steroid dienone is 3. The molecule has 0 aliphatic rings. The predicted molar refractivity (Wildman–Crippen MR) is 40.2 cm³/mol. The largest absolute Gasteiger partial charge is 0.392 e. The maximum Gasteiger partial charge on any atom is 0.0642 e. The van der Waals surface area contributed by atoms with Gasteiger partial charge in [0.1, 0.15) is 0 Å². The van der Waals surface area contributed by atoms with Crippen LogP contribution in [0.2, 0.25) is 0 Å². The van der Waals surface area contributed by atoms with E-state index in [4.69, 9.17) is 5.11 Å². The van der Waals surface area contributed by atoms with E-state index in [1.165, 1.54) is 0 Å². The van der Waals surface area contributed by atoms with Gasteiger partial charge in [0.2, 0.25) is 0 Å². The minimum absolute atomic E-state index is 0.0709. The Morgan fingerprint density at radius 3 is 2.67 bits per heavy atom. The van der Waals surface area contributed by atoms with Crippen molar-refractivity contribution < 1.29 is 5.11 Å². The van der Waals surface area contributed by atoms with Gasteiger partial charge in [-0.15, -0.1) is 0 Å². The van der Waals surface area contributed by atoms with E-state index in [1.807, 2.05) is 12.2 Å². The Balaban J connectivity index is 3.37. The van der Waals surface area contributed by atoms with Crippen molar-refractivity contribution in [3.8, 4) is 0 Å². The Morgan fingerprint density at radius 2 is 2.22 bits per heavy atom. The van der Waals surface area contributed by atoms with Crippen LogP contribution in [0.15, 0.2) is 37.0 Å². The fraction of sp³-hybridized carbons (Fsp3) is 0.250. The monoisotopic (exact) mass is 124 g/mol. The molecule has 9 heavy (non-hydrogen) atoms. The van der Waals surface area contributed by atoms with Crippen molar-refractivity contribution >= 4 is 0 Å². The molecule has 0 heterocycles. The summed E-state index contributed by atoms with van der Waals surface area (Å²) < 4.78 is 0. The first-order chi connectivity index (χ1) is 4.31. The molecule has 0 radical (unpaired) electrons. The summed E-state index contributed by atoms with van der Waals surface area (Å²) in [6, 6.07) is 0. The van der Waals surface area contributed by atoms with E-state index in [0.29, 0.717) is 0 Å². The molecule has 0 amide bonds. The van der Waals surface area contributed by atoms with Gasteiger partial charge in [-0.2, -0.15) is 0 Å². The Kier molecular flexibility index (Phi) is 4.83. The molecule has 0 atom stereocenters. The first-order valence-corrected chi connectivity index (χ1v) is 2.86. The average molecular weight is 124 g/mol. The molecule has 0 aliphatic heterocycles. The standard InChI is InChI=1S/C8H12O/c1-3-4-5-6-8(2)7-9/h3-5,9H,1-2,6-7H2/b5-4+. The van der Waals surface area contributed by atoms with E-state index in [9.17, 15) is 0 Å². The summed E-state index contributed by atoms with van der Waals surface area (Å²) in [5.74, 6) is 0. The molecule has 0 saturated heterocycles. The Bertz CT molecular complexity index is 123. The lowest BCUT2D eigenvalue weighted by molar-refractivity contribution is 0.329. The van der Waals surface area contributed by atoms with Crippen molar-refractivity contribution in [1.29, 1.82) is 0 Å². The Hall–Kier alpha value is -0.820. The van der Waals surface area contributed by atoms with E-state index in [0.717, 1.165) is 12.0 Å². The van der Waals surface area contributed by atoms with E-state index in [-0.39, 0.29) is 6.61 Å². The Labute approximate surface area is 56.0 Å². The smallest absolute Gasteiger partial charge is 0.0642 e. The summed E-state index contributed by atoms with van der Waals surface area (Å²) in [7, 11) is 0. The van der Waals surface area contributed by atoms with Crippen molar-refractivity contribution in [2.75, 3.05) is 6.61 Å². The molecule has 0 unspecified atom stereocenters. The molecule has 1 N–H and O–H groups in total. The van der Waals surface area contributed by atoms with Crippen LogP contribution in [0.5, 0.6) is 0 Å². The summed E-state index contributed by atoms with van der Waals surface area (Å²) in [6.07, 6.45) is 6.18. The summed E-state index contributed by atoms with van der Waals surface area (Å²) in [4.78, 5) is 0. The van der Waals surface area contributed by atoms with E-state index < -0.39 is 0 Å². The van der Waals surface area contributed by atoms with Crippen LogP contribution in [0.3, 0.4) is 0 Å². The molecule has 0 aromatic carbocycles. The second-order valence-corrected chi connectivity index (χ2v) is 1.78. The highest BCUT2D eigenvalue weighted by Gasteiger charge is 1.83. The third kappa shape index (κ3) is 5.04. The quantitative estimate of drug-likeness (QED) is 0.446. The van der Waals surface area contributed by atoms with E-state index in [2.05, 4.69) is 13.2 Å². The second-order valence-electron chi connectivity index (χ2n) is 1.78. The van der Waals surface area contributed by atoms with Crippen LogP contribution < -0.4 is 0 Å². The predicted octanol–water partition coefficient (Wildman–Crippen LogP) is 1.67. The number of aliphatic hydroxyl groups is 1. The molecule has 0 aromatic heterocycles. The van der Waals surface area contributed by atoms with Gasteiger partial charge in [-0.25, -0.2) is 0 Å². The van der Waals surface area contributed by atoms with Gasteiger partial charge in [-0.1, -0.05) is 31.4 Å². The van der Waals surface area contributed by atoms with Crippen molar-refractivity contribution in [3.63, 3.8) is 0 Å². The summed E-state index contributed by atoms with van der Waals surface area (Å²) in [5.41, 5.74) is 0.827. The zero-order chi connectivity index (χ0) is 7.11. The normalized spacial score (nSPS) is 9.89. The highest BCUT2D eigenvalue weighted by atomic mass is 16.3. The van der Waals surface area contributed by atoms with Crippen molar-refractivity contribution in [1.82, 2.24) is 0 Å². The van der Waals surface area contributed by atoms with Gasteiger partial charge in [0.15, 0.2) is 0 Å². The minimum Gasteiger partial charge on any atom is -0.392 e. The lowest BCUT2D eigenvalue weighted by Crippen LogP contribution is -1.84. The molecular formula is C8H12O. The summed E-state index contributed by atoms with van der Waals surface area (Å²) >= 11 is 0. The summed E-state index contributed by atoms with van der Waals surface area (Å²) in [5, 5.41) is 8.47. The van der Waals surface area contributed by atoms with Gasteiger partial charge in [-0.3, -0.25) is 0 Å². The fourth-order valence-electron chi connectivity index (χ4n) is 0.395. The maximum atomic E-state index is 8.47. The molecule has 1 nitrogen and oxygen atoms in total. The molecule has 0 bridgehead atoms. The third-order valence-corrected chi connectivity index (χ3v) is 0.902. The van der Waals surface area contributed by atoms with Gasteiger partial charge in [0.05, 0.1) is 6.61 Å². The molecule has 0 aromatic rings. The maximum absolute atomic E-state index is 8.47. The first kappa shape index (κ1) is 8.18. The number of rotatable bonds is 4. The highest BCUT2D eigenvalue weighted by molar-refractivity contribution is 5.06. The zero-order valence-corrected chi connectivity index (χ0v) is 5.51. The van der Waals surface area contributed by atoms with Gasteiger partial charge >= 0.3 is 0 Å². The van der Waals surface area contributed by atoms with Crippen LogP contribution in [0.4, 0.5) is 0 Å². The topological polar surface area (TPSA) is 20.2 Å². The molecule has 0 spiro atoms. The van der Waals surface area contributed by atoms with Crippen LogP contribution in [-0.2, 0) is 0 Å². The average Bonchev–Trinajstić information content (AvgIpc) is 1.89. The van der Waals surface area contributed by atoms with E-state index in [1.54, 1.807) is 6.08 Å². The van der Waals surface area contributed by atoms with Gasteiger partial charge < -0.3 is 5.11 Å². The SMILES string of the molecule is C=C/C=C/CC(=C)CO. The van der Waals surface area contributed by atoms with Crippen LogP contribution in [0.1, 0.15) is 6.42 Å². The number of aliphatic hydroxyl groups excluding tert-OH is 1. The molecule has 0 aliphatic carbocycles. The molecule has 0 rings (SSSR count). The van der Waals surface area contributed by atoms with Gasteiger partial charge in [-0.05, 0) is 12.0 Å². The second kappa shape index (κ2) is 5.32. The van der Waals surface area contributed by atoms with Crippen LogP contribution in [0, 0.1) is 0 Å². The van der Waals surface area contributed by atoms with Crippen LogP contribution in [-0.4, -0.2) is 11.7 Å². The number of hydrogen-bond donors (Lipinski definition) is 1. The van der Waals surface area contributed by atoms with Crippen molar-refractivity contribution in [2.24, 2.45) is 0 Å². The van der Waals surface area contributed by atoms with Crippen molar-refractivity contribution in [3.05, 3.63) is 37.0 Å². The minimum atomic E-state index is 0.0709. The van der Waals surface area contributed by atoms with Crippen LogP contribution >= 0.6 is 0 Å². The number of hydrogen-bond acceptors (Lipinski definition) is 1. The first-order valence-electron chi connectivity index (χ1n) is 2.86. The summed E-state index contributed by atoms with van der Waals surface area (Å²) in [6.45, 7) is 7.18. The van der Waals surface area contributed by atoms with Gasteiger partial charge in [0, 0.05) is 0 Å².